The highest BCUT2D eigenvalue weighted by Gasteiger charge is 2.32. The van der Waals surface area contributed by atoms with Crippen LogP contribution in [0.1, 0.15) is 38.8 Å². The van der Waals surface area contributed by atoms with Gasteiger partial charge in [-0.05, 0) is 13.0 Å². The lowest BCUT2D eigenvalue weighted by molar-refractivity contribution is -0.114. The Hall–Kier alpha value is -3.01. The summed E-state index contributed by atoms with van der Waals surface area (Å²) in [6.45, 7) is 5.25. The summed E-state index contributed by atoms with van der Waals surface area (Å²) in [5.41, 5.74) is 2.15. The van der Waals surface area contributed by atoms with Crippen molar-refractivity contribution in [1.29, 1.82) is 0 Å². The third kappa shape index (κ3) is 2.19. The van der Waals surface area contributed by atoms with Crippen LogP contribution in [0.15, 0.2) is 54.6 Å². The van der Waals surface area contributed by atoms with E-state index in [0.29, 0.717) is 28.0 Å². The van der Waals surface area contributed by atoms with Crippen LogP contribution in [0, 0.1) is 0 Å². The van der Waals surface area contributed by atoms with Gasteiger partial charge in [0.1, 0.15) is 0 Å². The third-order valence-corrected chi connectivity index (χ3v) is 3.96. The molecule has 0 heterocycles. The molecule has 0 bridgehead atoms. The van der Waals surface area contributed by atoms with Gasteiger partial charge in [0.25, 0.3) is 5.91 Å². The molecule has 0 N–H and O–H groups in total. The molecule has 0 aliphatic heterocycles. The van der Waals surface area contributed by atoms with Gasteiger partial charge < -0.3 is 4.90 Å². The van der Waals surface area contributed by atoms with E-state index in [4.69, 9.17) is 0 Å². The van der Waals surface area contributed by atoms with E-state index in [1.807, 2.05) is 0 Å². The van der Waals surface area contributed by atoms with E-state index >= 15 is 0 Å². The van der Waals surface area contributed by atoms with Gasteiger partial charge in [0, 0.05) is 29.3 Å². The maximum atomic E-state index is 12.9. The molecule has 0 fully saturated rings. The molecule has 0 radical (unpaired) electrons. The Kier molecular flexibility index (Phi) is 3.45. The fraction of sp³-hybridized carbons (Fsp3) is 0.105. The maximum Gasteiger partial charge on any atom is 0.253 e. The molecule has 1 aliphatic rings. The van der Waals surface area contributed by atoms with Gasteiger partial charge in [-0.25, -0.2) is 0 Å². The first kappa shape index (κ1) is 14.9. The van der Waals surface area contributed by atoms with Crippen LogP contribution in [-0.4, -0.2) is 24.5 Å². The minimum absolute atomic E-state index is 0.201. The summed E-state index contributed by atoms with van der Waals surface area (Å²) in [6, 6.07) is 11.7. The lowest BCUT2D eigenvalue weighted by Gasteiger charge is -2.25. The summed E-state index contributed by atoms with van der Waals surface area (Å²) in [5.74, 6) is -0.738. The molecule has 1 amide bonds. The van der Waals surface area contributed by atoms with Crippen LogP contribution in [0.3, 0.4) is 0 Å². The van der Waals surface area contributed by atoms with Gasteiger partial charge in [-0.15, -0.1) is 0 Å². The molecule has 2 aromatic rings. The Morgan fingerprint density at radius 2 is 1.48 bits per heavy atom. The Bertz CT molecular complexity index is 880. The van der Waals surface area contributed by atoms with Gasteiger partial charge >= 0.3 is 0 Å². The zero-order valence-electron chi connectivity index (χ0n) is 12.9. The number of hydrogen-bond acceptors (Lipinski definition) is 3. The van der Waals surface area contributed by atoms with Crippen LogP contribution in [0.25, 0.3) is 0 Å². The number of benzene rings is 2. The number of carbonyl (C=O) groups excluding carboxylic acids is 3. The van der Waals surface area contributed by atoms with Crippen LogP contribution in [0.2, 0.25) is 0 Å². The average molecular weight is 305 g/mol. The molecule has 0 atom stereocenters. The number of amides is 1. The molecule has 4 nitrogen and oxygen atoms in total. The average Bonchev–Trinajstić information content (AvgIpc) is 2.57. The van der Waals surface area contributed by atoms with Crippen molar-refractivity contribution in [2.45, 2.75) is 6.92 Å². The second-order valence-corrected chi connectivity index (χ2v) is 5.55. The van der Waals surface area contributed by atoms with Gasteiger partial charge in [0.15, 0.2) is 11.6 Å². The topological polar surface area (TPSA) is 54.5 Å². The Balaban J connectivity index is 2.22. The number of ketones is 2. The zero-order valence-corrected chi connectivity index (χ0v) is 12.9. The molecule has 0 unspecified atom stereocenters. The van der Waals surface area contributed by atoms with Gasteiger partial charge in [-0.2, -0.15) is 0 Å². The summed E-state index contributed by atoms with van der Waals surface area (Å²) in [6.07, 6.45) is 0. The Labute approximate surface area is 134 Å². The minimum atomic E-state index is -0.294. The van der Waals surface area contributed by atoms with Crippen LogP contribution in [0.5, 0.6) is 0 Å². The Morgan fingerprint density at radius 1 is 0.913 bits per heavy atom. The second-order valence-electron chi connectivity index (χ2n) is 5.55. The van der Waals surface area contributed by atoms with Crippen LogP contribution in [-0.2, 0) is 4.79 Å². The number of rotatable bonds is 2. The SMILES string of the molecule is C=C(C)C(=O)N(C)c1cccc2c1C(=O)c1ccccc1C2=O. The summed E-state index contributed by atoms with van der Waals surface area (Å²) in [5, 5.41) is 0. The molecular formula is C19H15NO3. The zero-order chi connectivity index (χ0) is 16.7. The lowest BCUT2D eigenvalue weighted by atomic mass is 9.83. The van der Waals surface area contributed by atoms with E-state index in [2.05, 4.69) is 6.58 Å². The second kappa shape index (κ2) is 5.32. The quantitative estimate of drug-likeness (QED) is 0.684. The minimum Gasteiger partial charge on any atom is -0.311 e. The number of carbonyl (C=O) groups is 3. The number of anilines is 1. The van der Waals surface area contributed by atoms with E-state index in [0.717, 1.165) is 0 Å². The lowest BCUT2D eigenvalue weighted by Crippen LogP contribution is -2.30. The summed E-state index contributed by atoms with van der Waals surface area (Å²) < 4.78 is 0. The molecule has 2 aromatic carbocycles. The van der Waals surface area contributed by atoms with Crippen molar-refractivity contribution in [3.05, 3.63) is 76.9 Å². The highest BCUT2D eigenvalue weighted by atomic mass is 16.2. The highest BCUT2D eigenvalue weighted by molar-refractivity contribution is 6.30. The molecule has 0 saturated carbocycles. The number of likely N-dealkylation sites (N-methyl/N-ethyl adjacent to an activating group) is 1. The molecule has 0 aromatic heterocycles. The van der Waals surface area contributed by atoms with Crippen molar-refractivity contribution in [2.24, 2.45) is 0 Å². The van der Waals surface area contributed by atoms with Crippen molar-refractivity contribution in [3.8, 4) is 0 Å². The Morgan fingerprint density at radius 3 is 2.09 bits per heavy atom. The van der Waals surface area contributed by atoms with E-state index in [1.165, 1.54) is 4.90 Å². The number of fused-ring (bicyclic) bond motifs is 2. The smallest absolute Gasteiger partial charge is 0.253 e. The molecule has 3 rings (SSSR count). The molecule has 1 aliphatic carbocycles. The van der Waals surface area contributed by atoms with Crippen molar-refractivity contribution in [1.82, 2.24) is 0 Å². The van der Waals surface area contributed by atoms with Gasteiger partial charge in [0.05, 0.1) is 11.3 Å². The molecule has 0 saturated heterocycles. The maximum absolute atomic E-state index is 12.9. The predicted molar refractivity (Wildman–Crippen MR) is 88.0 cm³/mol. The molecular weight excluding hydrogens is 290 g/mol. The summed E-state index contributed by atoms with van der Waals surface area (Å²) in [4.78, 5) is 39.1. The summed E-state index contributed by atoms with van der Waals surface area (Å²) in [7, 11) is 1.57. The van der Waals surface area contributed by atoms with E-state index in [1.54, 1.807) is 56.4 Å². The van der Waals surface area contributed by atoms with Crippen molar-refractivity contribution in [3.63, 3.8) is 0 Å². The van der Waals surface area contributed by atoms with Crippen molar-refractivity contribution < 1.29 is 14.4 Å². The summed E-state index contributed by atoms with van der Waals surface area (Å²) >= 11 is 0. The normalized spacial score (nSPS) is 12.4. The van der Waals surface area contributed by atoms with Gasteiger partial charge in [-0.1, -0.05) is 43.0 Å². The van der Waals surface area contributed by atoms with E-state index < -0.39 is 0 Å². The molecule has 0 spiro atoms. The van der Waals surface area contributed by atoms with Crippen LogP contribution < -0.4 is 4.90 Å². The fourth-order valence-corrected chi connectivity index (χ4v) is 2.80. The van der Waals surface area contributed by atoms with Gasteiger partial charge in [0.2, 0.25) is 0 Å². The van der Waals surface area contributed by atoms with E-state index in [9.17, 15) is 14.4 Å². The van der Waals surface area contributed by atoms with Gasteiger partial charge in [-0.3, -0.25) is 14.4 Å². The number of nitrogens with zero attached hydrogens (tertiary/aromatic N) is 1. The number of hydrogen-bond donors (Lipinski definition) is 0. The fourth-order valence-electron chi connectivity index (χ4n) is 2.80. The van der Waals surface area contributed by atoms with Crippen molar-refractivity contribution in [2.75, 3.05) is 11.9 Å². The first-order chi connectivity index (χ1) is 10.9. The predicted octanol–water partition coefficient (Wildman–Crippen LogP) is 3.00. The van der Waals surface area contributed by atoms with E-state index in [-0.39, 0.29) is 23.0 Å². The largest absolute Gasteiger partial charge is 0.311 e. The first-order valence-corrected chi connectivity index (χ1v) is 7.18. The third-order valence-electron chi connectivity index (χ3n) is 3.96. The molecule has 4 heteroatoms. The standard InChI is InChI=1S/C19H15NO3/c1-11(2)19(23)20(3)15-10-6-9-14-16(15)18(22)13-8-5-4-7-12(13)17(14)21/h4-10H,1H2,2-3H3. The van der Waals surface area contributed by atoms with Crippen LogP contribution >= 0.6 is 0 Å². The van der Waals surface area contributed by atoms with Crippen LogP contribution in [0.4, 0.5) is 5.69 Å². The van der Waals surface area contributed by atoms with Crippen molar-refractivity contribution >= 4 is 23.2 Å². The first-order valence-electron chi connectivity index (χ1n) is 7.18. The molecule has 114 valence electrons. The monoisotopic (exact) mass is 305 g/mol. The molecule has 23 heavy (non-hydrogen) atoms. The highest BCUT2D eigenvalue weighted by Crippen LogP contribution is 2.33.